The first-order valence-corrected chi connectivity index (χ1v) is 10.6. The summed E-state index contributed by atoms with van der Waals surface area (Å²) in [5, 5.41) is 4.74. The Balaban J connectivity index is 1.88. The average molecular weight is 418 g/mol. The first-order chi connectivity index (χ1) is 14.8. The Labute approximate surface area is 181 Å². The van der Waals surface area contributed by atoms with Crippen LogP contribution >= 0.6 is 0 Å². The number of amides is 1. The fourth-order valence-corrected chi connectivity index (χ4v) is 4.26. The Morgan fingerprint density at radius 3 is 2.32 bits per heavy atom. The van der Waals surface area contributed by atoms with Crippen LogP contribution in [0.1, 0.15) is 42.7 Å². The lowest BCUT2D eigenvalue weighted by Gasteiger charge is -2.11. The van der Waals surface area contributed by atoms with Gasteiger partial charge in [0, 0.05) is 39.9 Å². The number of rotatable bonds is 5. The number of fused-ring (bicyclic) bond motifs is 2. The van der Waals surface area contributed by atoms with Crippen molar-refractivity contribution < 1.29 is 13.6 Å². The molecule has 2 heterocycles. The molecule has 0 aliphatic carbocycles. The molecule has 0 radical (unpaired) electrons. The van der Waals surface area contributed by atoms with Crippen LogP contribution in [0.5, 0.6) is 0 Å². The van der Waals surface area contributed by atoms with Gasteiger partial charge >= 0.3 is 5.63 Å². The lowest BCUT2D eigenvalue weighted by Crippen LogP contribution is -2.30. The molecular weight excluding hydrogens is 390 g/mol. The van der Waals surface area contributed by atoms with Crippen LogP contribution in [0, 0.1) is 20.8 Å². The number of aryl methyl sites for hydroxylation is 3. The molecule has 0 bridgehead atoms. The molecule has 1 N–H and O–H groups in total. The first kappa shape index (κ1) is 20.9. The van der Waals surface area contributed by atoms with Gasteiger partial charge in [-0.25, -0.2) is 4.79 Å². The van der Waals surface area contributed by atoms with Gasteiger partial charge in [-0.15, -0.1) is 0 Å². The fourth-order valence-electron chi connectivity index (χ4n) is 4.26. The number of carbonyl (C=O) groups is 1. The predicted molar refractivity (Wildman–Crippen MR) is 124 cm³/mol. The lowest BCUT2D eigenvalue weighted by molar-refractivity contribution is -0.121. The van der Waals surface area contributed by atoms with Gasteiger partial charge in [0.05, 0.1) is 0 Å². The quantitative estimate of drug-likeness (QED) is 0.430. The van der Waals surface area contributed by atoms with Crippen molar-refractivity contribution in [3.05, 3.63) is 69.3 Å². The van der Waals surface area contributed by atoms with Crippen LogP contribution in [0.2, 0.25) is 0 Å². The van der Waals surface area contributed by atoms with E-state index in [9.17, 15) is 9.59 Å². The van der Waals surface area contributed by atoms with Crippen LogP contribution in [0.4, 0.5) is 0 Å². The summed E-state index contributed by atoms with van der Waals surface area (Å²) < 4.78 is 11.8. The lowest BCUT2D eigenvalue weighted by atomic mass is 9.96. The van der Waals surface area contributed by atoms with Gasteiger partial charge in [-0.2, -0.15) is 0 Å². The van der Waals surface area contributed by atoms with Gasteiger partial charge in [0.25, 0.3) is 0 Å². The molecule has 0 atom stereocenters. The van der Waals surface area contributed by atoms with Gasteiger partial charge in [-0.1, -0.05) is 30.3 Å². The maximum Gasteiger partial charge on any atom is 0.339 e. The summed E-state index contributed by atoms with van der Waals surface area (Å²) in [6.45, 7) is 9.63. The van der Waals surface area contributed by atoms with E-state index in [1.165, 1.54) is 0 Å². The molecule has 4 aromatic rings. The van der Waals surface area contributed by atoms with Crippen molar-refractivity contribution in [1.82, 2.24) is 5.32 Å². The Morgan fingerprint density at radius 2 is 1.65 bits per heavy atom. The summed E-state index contributed by atoms with van der Waals surface area (Å²) in [4.78, 5) is 24.8. The van der Waals surface area contributed by atoms with Crippen molar-refractivity contribution in [2.24, 2.45) is 0 Å². The largest absolute Gasteiger partial charge is 0.460 e. The Bertz CT molecular complexity index is 1340. The minimum atomic E-state index is -0.392. The second kappa shape index (κ2) is 8.06. The maximum atomic E-state index is 12.7. The van der Waals surface area contributed by atoms with E-state index in [0.29, 0.717) is 17.6 Å². The van der Waals surface area contributed by atoms with Gasteiger partial charge in [-0.3, -0.25) is 4.79 Å². The smallest absolute Gasteiger partial charge is 0.339 e. The molecule has 4 rings (SSSR count). The van der Waals surface area contributed by atoms with Gasteiger partial charge < -0.3 is 14.2 Å². The zero-order valence-electron chi connectivity index (χ0n) is 18.6. The normalized spacial score (nSPS) is 11.5. The van der Waals surface area contributed by atoms with E-state index in [0.717, 1.165) is 44.4 Å². The van der Waals surface area contributed by atoms with Crippen LogP contribution < -0.4 is 10.9 Å². The van der Waals surface area contributed by atoms with Crippen molar-refractivity contribution >= 4 is 27.8 Å². The third kappa shape index (κ3) is 3.76. The van der Waals surface area contributed by atoms with Gasteiger partial charge in [-0.05, 0) is 58.2 Å². The molecule has 160 valence electrons. The third-order valence-electron chi connectivity index (χ3n) is 5.75. The summed E-state index contributed by atoms with van der Waals surface area (Å²) >= 11 is 0. The van der Waals surface area contributed by atoms with E-state index < -0.39 is 5.63 Å². The van der Waals surface area contributed by atoms with Crippen LogP contribution in [0.15, 0.2) is 50.0 Å². The number of carbonyl (C=O) groups excluding carboxylic acids is 1. The summed E-state index contributed by atoms with van der Waals surface area (Å²) in [5.41, 5.74) is 5.22. The van der Waals surface area contributed by atoms with Gasteiger partial charge in [0.1, 0.15) is 16.9 Å². The van der Waals surface area contributed by atoms with Crippen LogP contribution in [0.3, 0.4) is 0 Å². The van der Waals surface area contributed by atoms with Crippen LogP contribution in [-0.4, -0.2) is 11.9 Å². The van der Waals surface area contributed by atoms with Crippen LogP contribution in [-0.2, 0) is 11.2 Å². The van der Waals surface area contributed by atoms with Crippen LogP contribution in [0.25, 0.3) is 33.1 Å². The molecule has 0 fully saturated rings. The molecule has 0 saturated heterocycles. The van der Waals surface area contributed by atoms with E-state index in [-0.39, 0.29) is 18.4 Å². The third-order valence-corrected chi connectivity index (χ3v) is 5.75. The molecule has 0 aliphatic rings. The van der Waals surface area contributed by atoms with E-state index in [1.807, 2.05) is 58.9 Å². The molecule has 5 nitrogen and oxygen atoms in total. The van der Waals surface area contributed by atoms with Gasteiger partial charge in [0.15, 0.2) is 0 Å². The highest BCUT2D eigenvalue weighted by molar-refractivity contribution is 6.05. The highest BCUT2D eigenvalue weighted by Crippen LogP contribution is 2.39. The zero-order chi connectivity index (χ0) is 22.3. The molecule has 31 heavy (non-hydrogen) atoms. The molecule has 0 unspecified atom stereocenters. The molecule has 0 aliphatic heterocycles. The second-order valence-electron chi connectivity index (χ2n) is 8.37. The van der Waals surface area contributed by atoms with Crippen molar-refractivity contribution in [3.63, 3.8) is 0 Å². The van der Waals surface area contributed by atoms with Crippen molar-refractivity contribution in [1.29, 1.82) is 0 Å². The van der Waals surface area contributed by atoms with E-state index in [4.69, 9.17) is 8.83 Å². The SMILES string of the molecule is Cc1oc2c(C)c3oc(=O)c(CCC(=O)NC(C)C)c(C)c3cc2c1-c1ccccc1. The van der Waals surface area contributed by atoms with Gasteiger partial charge in [0.2, 0.25) is 5.91 Å². The number of nitrogens with one attached hydrogen (secondary N) is 1. The highest BCUT2D eigenvalue weighted by atomic mass is 16.4. The highest BCUT2D eigenvalue weighted by Gasteiger charge is 2.21. The molecular formula is C26H27NO4. The maximum absolute atomic E-state index is 12.7. The number of hydrogen-bond donors (Lipinski definition) is 1. The minimum absolute atomic E-state index is 0.0679. The number of benzene rings is 2. The zero-order valence-corrected chi connectivity index (χ0v) is 18.6. The van der Waals surface area contributed by atoms with E-state index in [1.54, 1.807) is 0 Å². The van der Waals surface area contributed by atoms with E-state index >= 15 is 0 Å². The predicted octanol–water partition coefficient (Wildman–Crippen LogP) is 5.59. The average Bonchev–Trinajstić information content (AvgIpc) is 3.05. The number of hydrogen-bond acceptors (Lipinski definition) is 4. The first-order valence-electron chi connectivity index (χ1n) is 10.6. The number of furan rings is 1. The Kier molecular flexibility index (Phi) is 5.44. The monoisotopic (exact) mass is 417 g/mol. The van der Waals surface area contributed by atoms with E-state index in [2.05, 4.69) is 17.4 Å². The summed E-state index contributed by atoms with van der Waals surface area (Å²) in [7, 11) is 0. The molecule has 2 aromatic carbocycles. The van der Waals surface area contributed by atoms with Crippen molar-refractivity contribution in [3.8, 4) is 11.1 Å². The molecule has 0 spiro atoms. The molecule has 0 saturated carbocycles. The molecule has 5 heteroatoms. The summed E-state index contributed by atoms with van der Waals surface area (Å²) in [6.07, 6.45) is 0.590. The summed E-state index contributed by atoms with van der Waals surface area (Å²) in [6, 6.07) is 12.2. The minimum Gasteiger partial charge on any atom is -0.460 e. The molecule has 1 amide bonds. The Morgan fingerprint density at radius 1 is 0.968 bits per heavy atom. The second-order valence-corrected chi connectivity index (χ2v) is 8.37. The Hall–Kier alpha value is -3.34. The molecule has 2 aromatic heterocycles. The summed E-state index contributed by atoms with van der Waals surface area (Å²) in [5.74, 6) is 0.752. The standard InChI is InChI=1S/C26H27NO4/c1-14(2)27-22(28)12-11-19-15(3)20-13-21-23(18-9-7-6-8-10-18)17(5)30-25(21)16(4)24(20)31-26(19)29/h6-10,13-14H,11-12H2,1-5H3,(H,27,28). The fraction of sp³-hybridized carbons (Fsp3) is 0.308. The van der Waals surface area contributed by atoms with Crippen molar-refractivity contribution in [2.75, 3.05) is 0 Å². The van der Waals surface area contributed by atoms with Crippen molar-refractivity contribution in [2.45, 2.75) is 53.5 Å². The topological polar surface area (TPSA) is 72.5 Å².